The molecule has 0 bridgehead atoms. The fourth-order valence-corrected chi connectivity index (χ4v) is 2.80. The average molecular weight is 375 g/mol. The highest BCUT2D eigenvalue weighted by molar-refractivity contribution is 6.06. The summed E-state index contributed by atoms with van der Waals surface area (Å²) >= 11 is 0. The van der Waals surface area contributed by atoms with Crippen molar-refractivity contribution >= 4 is 22.7 Å². The first-order chi connectivity index (χ1) is 13.7. The summed E-state index contributed by atoms with van der Waals surface area (Å²) in [6.45, 7) is 0. The van der Waals surface area contributed by atoms with E-state index in [1.54, 1.807) is 55.9 Å². The van der Waals surface area contributed by atoms with Gasteiger partial charge in [-0.05, 0) is 42.5 Å². The van der Waals surface area contributed by atoms with Crippen molar-refractivity contribution in [1.29, 1.82) is 0 Å². The monoisotopic (exact) mass is 375 g/mol. The Hall–Kier alpha value is -3.87. The molecule has 28 heavy (non-hydrogen) atoms. The van der Waals surface area contributed by atoms with Gasteiger partial charge in [0.05, 0.1) is 25.3 Å². The summed E-state index contributed by atoms with van der Waals surface area (Å²) in [6, 6.07) is 14.0. The van der Waals surface area contributed by atoms with E-state index in [1.807, 2.05) is 12.1 Å². The third-order valence-corrected chi connectivity index (χ3v) is 4.21. The van der Waals surface area contributed by atoms with Crippen LogP contribution in [0.2, 0.25) is 0 Å². The van der Waals surface area contributed by atoms with Crippen LogP contribution < -0.4 is 14.8 Å². The number of pyridine rings is 1. The molecular formula is C21H17N3O4. The van der Waals surface area contributed by atoms with Gasteiger partial charge in [-0.15, -0.1) is 0 Å². The number of rotatable bonds is 5. The molecule has 0 saturated carbocycles. The number of carbonyl (C=O) groups is 1. The van der Waals surface area contributed by atoms with Gasteiger partial charge in [-0.25, -0.2) is 4.98 Å². The molecule has 0 aliphatic carbocycles. The number of aromatic nitrogens is 2. The second kappa shape index (κ2) is 7.40. The molecule has 0 radical (unpaired) electrons. The minimum Gasteiger partial charge on any atom is -0.497 e. The topological polar surface area (TPSA) is 86.5 Å². The van der Waals surface area contributed by atoms with Crippen LogP contribution in [0.25, 0.3) is 22.6 Å². The SMILES string of the molecule is COc1ccc(C(=O)Nc2ccc3oc(-c4cccnc4)nc3c2)c(OC)c1. The summed E-state index contributed by atoms with van der Waals surface area (Å²) < 4.78 is 16.2. The smallest absolute Gasteiger partial charge is 0.259 e. The van der Waals surface area contributed by atoms with Gasteiger partial charge in [-0.1, -0.05) is 0 Å². The molecule has 0 unspecified atom stereocenters. The van der Waals surface area contributed by atoms with Gasteiger partial charge in [0.25, 0.3) is 5.91 Å². The number of carbonyl (C=O) groups excluding carboxylic acids is 1. The van der Waals surface area contributed by atoms with Gasteiger partial charge in [0.2, 0.25) is 5.89 Å². The van der Waals surface area contributed by atoms with Crippen molar-refractivity contribution in [1.82, 2.24) is 9.97 Å². The number of ether oxygens (including phenoxy) is 2. The van der Waals surface area contributed by atoms with E-state index in [4.69, 9.17) is 13.9 Å². The van der Waals surface area contributed by atoms with Gasteiger partial charge in [0.15, 0.2) is 5.58 Å². The maximum atomic E-state index is 12.7. The van der Waals surface area contributed by atoms with Crippen LogP contribution in [0.15, 0.2) is 65.3 Å². The number of nitrogens with one attached hydrogen (secondary N) is 1. The molecule has 2 aromatic heterocycles. The molecule has 7 nitrogen and oxygen atoms in total. The van der Waals surface area contributed by atoms with Gasteiger partial charge < -0.3 is 19.2 Å². The van der Waals surface area contributed by atoms with Crippen LogP contribution in [0, 0.1) is 0 Å². The Morgan fingerprint density at radius 1 is 1.07 bits per heavy atom. The van der Waals surface area contributed by atoms with Gasteiger partial charge >= 0.3 is 0 Å². The van der Waals surface area contributed by atoms with E-state index in [-0.39, 0.29) is 5.91 Å². The lowest BCUT2D eigenvalue weighted by Crippen LogP contribution is -2.13. The highest BCUT2D eigenvalue weighted by atomic mass is 16.5. The van der Waals surface area contributed by atoms with E-state index in [0.29, 0.717) is 39.7 Å². The number of anilines is 1. The van der Waals surface area contributed by atoms with Crippen LogP contribution in [0.3, 0.4) is 0 Å². The van der Waals surface area contributed by atoms with Crippen LogP contribution in [0.4, 0.5) is 5.69 Å². The van der Waals surface area contributed by atoms with Crippen molar-refractivity contribution in [2.24, 2.45) is 0 Å². The molecule has 2 aromatic carbocycles. The zero-order chi connectivity index (χ0) is 19.5. The Morgan fingerprint density at radius 3 is 2.71 bits per heavy atom. The van der Waals surface area contributed by atoms with Crippen molar-refractivity contribution in [3.63, 3.8) is 0 Å². The van der Waals surface area contributed by atoms with Crippen molar-refractivity contribution in [3.05, 3.63) is 66.5 Å². The fourth-order valence-electron chi connectivity index (χ4n) is 2.80. The van der Waals surface area contributed by atoms with E-state index in [0.717, 1.165) is 5.56 Å². The lowest BCUT2D eigenvalue weighted by molar-refractivity contribution is 0.102. The van der Waals surface area contributed by atoms with Gasteiger partial charge in [0, 0.05) is 24.1 Å². The molecule has 0 saturated heterocycles. The van der Waals surface area contributed by atoms with Gasteiger partial charge in [-0.2, -0.15) is 0 Å². The van der Waals surface area contributed by atoms with Crippen LogP contribution in [-0.4, -0.2) is 30.1 Å². The first-order valence-electron chi connectivity index (χ1n) is 8.52. The van der Waals surface area contributed by atoms with E-state index >= 15 is 0 Å². The Morgan fingerprint density at radius 2 is 1.96 bits per heavy atom. The number of oxazole rings is 1. The maximum Gasteiger partial charge on any atom is 0.259 e. The lowest BCUT2D eigenvalue weighted by atomic mass is 10.1. The zero-order valence-corrected chi connectivity index (χ0v) is 15.3. The molecule has 1 N–H and O–H groups in total. The molecule has 1 amide bonds. The summed E-state index contributed by atoms with van der Waals surface area (Å²) in [7, 11) is 3.06. The molecule has 4 aromatic rings. The van der Waals surface area contributed by atoms with E-state index in [1.165, 1.54) is 7.11 Å². The Labute approximate surface area is 160 Å². The van der Waals surface area contributed by atoms with E-state index in [2.05, 4.69) is 15.3 Å². The largest absolute Gasteiger partial charge is 0.497 e. The van der Waals surface area contributed by atoms with Crippen LogP contribution in [-0.2, 0) is 0 Å². The average Bonchev–Trinajstić information content (AvgIpc) is 3.17. The maximum absolute atomic E-state index is 12.7. The van der Waals surface area contributed by atoms with Crippen LogP contribution in [0.5, 0.6) is 11.5 Å². The number of fused-ring (bicyclic) bond motifs is 1. The minimum atomic E-state index is -0.296. The normalized spacial score (nSPS) is 10.6. The van der Waals surface area contributed by atoms with Gasteiger partial charge in [0.1, 0.15) is 17.0 Å². The molecule has 7 heteroatoms. The van der Waals surface area contributed by atoms with Crippen molar-refractivity contribution in [2.75, 3.05) is 19.5 Å². The standard InChI is InChI=1S/C21H17N3O4/c1-26-15-6-7-16(19(11-15)27-2)20(25)23-14-5-8-18-17(10-14)24-21(28-18)13-4-3-9-22-12-13/h3-12H,1-2H3,(H,23,25). The predicted octanol–water partition coefficient (Wildman–Crippen LogP) is 4.16. The Balaban J connectivity index is 1.60. The summed E-state index contributed by atoms with van der Waals surface area (Å²) in [5, 5.41) is 2.86. The molecule has 0 fully saturated rings. The van der Waals surface area contributed by atoms with Gasteiger partial charge in [-0.3, -0.25) is 9.78 Å². The lowest BCUT2D eigenvalue weighted by Gasteiger charge is -2.10. The molecule has 0 aliphatic heterocycles. The number of benzene rings is 2. The second-order valence-electron chi connectivity index (χ2n) is 5.96. The van der Waals surface area contributed by atoms with Crippen LogP contribution in [0.1, 0.15) is 10.4 Å². The second-order valence-corrected chi connectivity index (χ2v) is 5.96. The predicted molar refractivity (Wildman–Crippen MR) is 105 cm³/mol. The molecule has 0 atom stereocenters. The van der Waals surface area contributed by atoms with E-state index < -0.39 is 0 Å². The number of methoxy groups -OCH3 is 2. The third kappa shape index (κ3) is 3.37. The number of hydrogen-bond donors (Lipinski definition) is 1. The molecule has 4 rings (SSSR count). The quantitative estimate of drug-likeness (QED) is 0.564. The highest BCUT2D eigenvalue weighted by Gasteiger charge is 2.15. The first kappa shape index (κ1) is 17.5. The fraction of sp³-hybridized carbons (Fsp3) is 0.0952. The Bertz CT molecular complexity index is 1140. The number of nitrogens with zero attached hydrogens (tertiary/aromatic N) is 2. The van der Waals surface area contributed by atoms with Crippen molar-refractivity contribution < 1.29 is 18.7 Å². The molecule has 140 valence electrons. The number of amides is 1. The van der Waals surface area contributed by atoms with Crippen molar-refractivity contribution in [2.45, 2.75) is 0 Å². The minimum absolute atomic E-state index is 0.296. The molecule has 2 heterocycles. The highest BCUT2D eigenvalue weighted by Crippen LogP contribution is 2.28. The van der Waals surface area contributed by atoms with E-state index in [9.17, 15) is 4.79 Å². The molecule has 0 aliphatic rings. The van der Waals surface area contributed by atoms with Crippen LogP contribution >= 0.6 is 0 Å². The first-order valence-corrected chi connectivity index (χ1v) is 8.52. The third-order valence-electron chi connectivity index (χ3n) is 4.21. The molecule has 0 spiro atoms. The number of hydrogen-bond acceptors (Lipinski definition) is 6. The summed E-state index contributed by atoms with van der Waals surface area (Å²) in [5.41, 5.74) is 3.05. The summed E-state index contributed by atoms with van der Waals surface area (Å²) in [5.74, 6) is 1.22. The molecular weight excluding hydrogens is 358 g/mol. The Kier molecular flexibility index (Phi) is 4.63. The zero-order valence-electron chi connectivity index (χ0n) is 15.3. The van der Waals surface area contributed by atoms with Crippen molar-refractivity contribution in [3.8, 4) is 23.0 Å². The summed E-state index contributed by atoms with van der Waals surface area (Å²) in [6.07, 6.45) is 3.37. The summed E-state index contributed by atoms with van der Waals surface area (Å²) in [4.78, 5) is 21.2.